The summed E-state index contributed by atoms with van der Waals surface area (Å²) in [5.41, 5.74) is 1.78. The Kier molecular flexibility index (Phi) is 6.40. The van der Waals surface area contributed by atoms with Gasteiger partial charge in [-0.05, 0) is 71.8 Å². The van der Waals surface area contributed by atoms with E-state index in [-0.39, 0.29) is 11.7 Å². The summed E-state index contributed by atoms with van der Waals surface area (Å²) in [4.78, 5) is 21.9. The lowest BCUT2D eigenvalue weighted by molar-refractivity contribution is -0.113. The second kappa shape index (κ2) is 9.36. The van der Waals surface area contributed by atoms with Gasteiger partial charge in [0, 0.05) is 23.0 Å². The smallest absolute Gasteiger partial charge is 0.234 e. The maximum absolute atomic E-state index is 12.4. The van der Waals surface area contributed by atoms with E-state index in [1.165, 1.54) is 36.4 Å². The topological polar surface area (TPSA) is 98.5 Å². The van der Waals surface area contributed by atoms with E-state index >= 15 is 0 Å². The summed E-state index contributed by atoms with van der Waals surface area (Å²) in [7, 11) is 0. The molecule has 10 heteroatoms. The molecule has 2 aromatic heterocycles. The van der Waals surface area contributed by atoms with E-state index in [2.05, 4.69) is 30.8 Å². The Morgan fingerprint density at radius 1 is 1.24 bits per heavy atom. The molecule has 0 atom stereocenters. The molecular weight excluding hydrogens is 406 g/mol. The van der Waals surface area contributed by atoms with Crippen LogP contribution in [0.15, 0.2) is 51.9 Å². The number of rotatable bonds is 7. The molecule has 0 bridgehead atoms. The molecule has 0 radical (unpaired) electrons. The number of benzene rings is 1. The van der Waals surface area contributed by atoms with Crippen LogP contribution in [0, 0.1) is 6.92 Å². The number of carbonyl (C=O) groups excluding carboxylic acids is 1. The molecule has 0 unspecified atom stereocenters. The van der Waals surface area contributed by atoms with Crippen LogP contribution in [0.1, 0.15) is 37.3 Å². The molecule has 4 rings (SSSR count). The lowest BCUT2D eigenvalue weighted by Gasteiger charge is -2.11. The Bertz CT molecular complexity index is 974. The van der Waals surface area contributed by atoms with E-state index in [4.69, 9.17) is 0 Å². The Labute approximate surface area is 177 Å². The zero-order valence-electron chi connectivity index (χ0n) is 16.0. The van der Waals surface area contributed by atoms with Crippen LogP contribution in [0.5, 0.6) is 0 Å². The normalized spacial score (nSPS) is 14.2. The molecule has 1 aliphatic carbocycles. The summed E-state index contributed by atoms with van der Waals surface area (Å²) in [6, 6.07) is 8.03. The first-order chi connectivity index (χ1) is 14.2. The highest BCUT2D eigenvalue weighted by atomic mass is 32.2. The largest absolute Gasteiger partial charge is 0.325 e. The van der Waals surface area contributed by atoms with E-state index < -0.39 is 0 Å². The van der Waals surface area contributed by atoms with Gasteiger partial charge in [0.2, 0.25) is 11.1 Å². The highest BCUT2D eigenvalue weighted by Crippen LogP contribution is 2.31. The highest BCUT2D eigenvalue weighted by Gasteiger charge is 2.22. The minimum absolute atomic E-state index is 0.0779. The van der Waals surface area contributed by atoms with Gasteiger partial charge in [0.15, 0.2) is 5.16 Å². The zero-order chi connectivity index (χ0) is 20.1. The number of tetrazole rings is 1. The van der Waals surface area contributed by atoms with Gasteiger partial charge in [-0.3, -0.25) is 4.79 Å². The van der Waals surface area contributed by atoms with Crippen LogP contribution in [0.2, 0.25) is 0 Å². The number of carbonyl (C=O) groups is 1. The van der Waals surface area contributed by atoms with Crippen molar-refractivity contribution in [2.75, 3.05) is 11.1 Å². The van der Waals surface area contributed by atoms with Gasteiger partial charge in [0.05, 0.1) is 11.8 Å². The number of amides is 1. The van der Waals surface area contributed by atoms with Gasteiger partial charge in [-0.2, -0.15) is 0 Å². The number of hydrogen-bond donors (Lipinski definition) is 1. The zero-order valence-corrected chi connectivity index (χ0v) is 17.6. The molecule has 8 nitrogen and oxygen atoms in total. The molecule has 1 aliphatic rings. The monoisotopic (exact) mass is 427 g/mol. The molecular formula is C19H21N7OS2. The minimum Gasteiger partial charge on any atom is -0.325 e. The first-order valence-corrected chi connectivity index (χ1v) is 11.3. The first kappa shape index (κ1) is 19.8. The third-order valence-corrected chi connectivity index (χ3v) is 6.51. The van der Waals surface area contributed by atoms with E-state index in [0.29, 0.717) is 16.4 Å². The molecule has 150 valence electrons. The molecule has 29 heavy (non-hydrogen) atoms. The lowest BCUT2D eigenvalue weighted by Crippen LogP contribution is -2.16. The SMILES string of the molecule is Cc1cc(Sc2ncccn2)ccc1NC(=O)CSc1nnnn1C1CCCC1. The van der Waals surface area contributed by atoms with Crippen molar-refractivity contribution in [1.29, 1.82) is 0 Å². The lowest BCUT2D eigenvalue weighted by atomic mass is 10.2. The molecule has 0 aliphatic heterocycles. The summed E-state index contributed by atoms with van der Waals surface area (Å²) in [6.45, 7) is 1.97. The molecule has 1 amide bonds. The predicted octanol–water partition coefficient (Wildman–Crippen LogP) is 3.77. The molecule has 1 saturated carbocycles. The van der Waals surface area contributed by atoms with Gasteiger partial charge in [0.25, 0.3) is 0 Å². The van der Waals surface area contributed by atoms with Crippen LogP contribution < -0.4 is 5.32 Å². The number of thioether (sulfide) groups is 1. The number of aromatic nitrogens is 6. The summed E-state index contributed by atoms with van der Waals surface area (Å²) in [5.74, 6) is 0.187. The van der Waals surface area contributed by atoms with Crippen molar-refractivity contribution < 1.29 is 4.79 Å². The second-order valence-electron chi connectivity index (χ2n) is 6.79. The maximum Gasteiger partial charge on any atom is 0.234 e. The molecule has 0 spiro atoms. The third-order valence-electron chi connectivity index (χ3n) is 4.69. The average Bonchev–Trinajstić information content (AvgIpc) is 3.41. The Morgan fingerprint density at radius 3 is 2.79 bits per heavy atom. The Morgan fingerprint density at radius 2 is 2.03 bits per heavy atom. The van der Waals surface area contributed by atoms with Crippen molar-refractivity contribution in [3.63, 3.8) is 0 Å². The van der Waals surface area contributed by atoms with Gasteiger partial charge in [-0.15, -0.1) is 5.10 Å². The maximum atomic E-state index is 12.4. The number of nitrogens with zero attached hydrogens (tertiary/aromatic N) is 6. The van der Waals surface area contributed by atoms with Gasteiger partial charge < -0.3 is 5.32 Å². The van der Waals surface area contributed by atoms with Crippen LogP contribution in [-0.4, -0.2) is 41.8 Å². The summed E-state index contributed by atoms with van der Waals surface area (Å²) < 4.78 is 1.87. The second-order valence-corrected chi connectivity index (χ2v) is 8.77. The minimum atomic E-state index is -0.0779. The predicted molar refractivity (Wildman–Crippen MR) is 112 cm³/mol. The first-order valence-electron chi connectivity index (χ1n) is 9.45. The molecule has 1 aromatic carbocycles. The summed E-state index contributed by atoms with van der Waals surface area (Å²) in [6.07, 6.45) is 8.05. The van der Waals surface area contributed by atoms with Gasteiger partial charge >= 0.3 is 0 Å². The van der Waals surface area contributed by atoms with Crippen molar-refractivity contribution in [3.8, 4) is 0 Å². The van der Waals surface area contributed by atoms with E-state index in [1.807, 2.05) is 29.8 Å². The number of hydrogen-bond acceptors (Lipinski definition) is 8. The fraction of sp³-hybridized carbons (Fsp3) is 0.368. The number of nitrogens with one attached hydrogen (secondary N) is 1. The van der Waals surface area contributed by atoms with Crippen LogP contribution in [0.25, 0.3) is 0 Å². The molecule has 0 saturated heterocycles. The summed E-state index contributed by atoms with van der Waals surface area (Å²) in [5, 5.41) is 16.3. The van der Waals surface area contributed by atoms with Crippen LogP contribution in [0.3, 0.4) is 0 Å². The van der Waals surface area contributed by atoms with Crippen LogP contribution in [0.4, 0.5) is 5.69 Å². The quantitative estimate of drug-likeness (QED) is 0.449. The van der Waals surface area contributed by atoms with Crippen molar-refractivity contribution >= 4 is 35.1 Å². The van der Waals surface area contributed by atoms with Crippen LogP contribution >= 0.6 is 23.5 Å². The molecule has 2 heterocycles. The molecule has 1 fully saturated rings. The Hall–Kier alpha value is -2.46. The van der Waals surface area contributed by atoms with Crippen molar-refractivity contribution in [2.45, 2.75) is 53.9 Å². The van der Waals surface area contributed by atoms with Crippen molar-refractivity contribution in [1.82, 2.24) is 30.2 Å². The average molecular weight is 428 g/mol. The molecule has 1 N–H and O–H groups in total. The standard InChI is InChI=1S/C19H21N7OS2/c1-13-11-15(29-18-20-9-4-10-21-18)7-8-16(13)22-17(27)12-28-19-23-24-25-26(19)14-5-2-3-6-14/h4,7-11,14H,2-3,5-6,12H2,1H3,(H,22,27). The Balaban J connectivity index is 1.33. The third kappa shape index (κ3) is 5.13. The fourth-order valence-corrected chi connectivity index (χ4v) is 4.81. The van der Waals surface area contributed by atoms with Crippen molar-refractivity contribution in [3.05, 3.63) is 42.2 Å². The summed E-state index contributed by atoms with van der Waals surface area (Å²) >= 11 is 2.86. The van der Waals surface area contributed by atoms with Crippen molar-refractivity contribution in [2.24, 2.45) is 0 Å². The van der Waals surface area contributed by atoms with Crippen LogP contribution in [-0.2, 0) is 4.79 Å². The number of anilines is 1. The van der Waals surface area contributed by atoms with Gasteiger partial charge in [-0.1, -0.05) is 24.6 Å². The highest BCUT2D eigenvalue weighted by molar-refractivity contribution is 7.99. The van der Waals surface area contributed by atoms with E-state index in [9.17, 15) is 4.79 Å². The van der Waals surface area contributed by atoms with E-state index in [1.54, 1.807) is 18.5 Å². The van der Waals surface area contributed by atoms with Gasteiger partial charge in [-0.25, -0.2) is 14.6 Å². The fourth-order valence-electron chi connectivity index (χ4n) is 3.26. The van der Waals surface area contributed by atoms with Gasteiger partial charge in [0.1, 0.15) is 0 Å². The molecule has 3 aromatic rings. The van der Waals surface area contributed by atoms with E-state index in [0.717, 1.165) is 29.0 Å². The number of aryl methyl sites for hydroxylation is 1.